The lowest BCUT2D eigenvalue weighted by Crippen LogP contribution is -2.49. The molecular formula is C7H11NO4. The first-order chi connectivity index (χ1) is 5.63. The summed E-state index contributed by atoms with van der Waals surface area (Å²) in [7, 11) is 0. The van der Waals surface area contributed by atoms with Crippen LogP contribution >= 0.6 is 0 Å². The minimum atomic E-state index is -1.40. The van der Waals surface area contributed by atoms with E-state index in [1.165, 1.54) is 4.90 Å². The molecule has 1 N–H and O–H groups in total. The molecule has 5 heteroatoms. The molecule has 12 heavy (non-hydrogen) atoms. The van der Waals surface area contributed by atoms with Gasteiger partial charge < -0.3 is 14.7 Å². The molecule has 68 valence electrons. The van der Waals surface area contributed by atoms with Gasteiger partial charge in [-0.1, -0.05) is 0 Å². The molecule has 0 radical (unpaired) electrons. The van der Waals surface area contributed by atoms with Crippen molar-refractivity contribution in [2.75, 3.05) is 19.8 Å². The smallest absolute Gasteiger partial charge is 0.394 e. The summed E-state index contributed by atoms with van der Waals surface area (Å²) in [5.41, 5.74) is 0. The number of hydrogen-bond acceptors (Lipinski definition) is 3. The third-order valence-electron chi connectivity index (χ3n) is 1.81. The van der Waals surface area contributed by atoms with Gasteiger partial charge in [0.2, 0.25) is 0 Å². The maximum Gasteiger partial charge on any atom is 0.394 e. The quantitative estimate of drug-likeness (QED) is 0.493. The van der Waals surface area contributed by atoms with Crippen LogP contribution < -0.4 is 0 Å². The van der Waals surface area contributed by atoms with E-state index >= 15 is 0 Å². The van der Waals surface area contributed by atoms with Crippen molar-refractivity contribution in [2.45, 2.75) is 13.0 Å². The van der Waals surface area contributed by atoms with Crippen LogP contribution in [-0.2, 0) is 14.3 Å². The van der Waals surface area contributed by atoms with E-state index in [2.05, 4.69) is 0 Å². The van der Waals surface area contributed by atoms with E-state index in [1.807, 2.05) is 0 Å². The van der Waals surface area contributed by atoms with E-state index in [-0.39, 0.29) is 6.04 Å². The van der Waals surface area contributed by atoms with Gasteiger partial charge in [0, 0.05) is 6.54 Å². The fraction of sp³-hybridized carbons (Fsp3) is 0.714. The second kappa shape index (κ2) is 3.53. The summed E-state index contributed by atoms with van der Waals surface area (Å²) in [5, 5.41) is 8.42. The minimum absolute atomic E-state index is 0.137. The normalized spacial score (nSPS) is 23.8. The van der Waals surface area contributed by atoms with Crippen LogP contribution in [0.4, 0.5) is 0 Å². The lowest BCUT2D eigenvalue weighted by Gasteiger charge is -2.31. The highest BCUT2D eigenvalue weighted by atomic mass is 16.5. The van der Waals surface area contributed by atoms with Crippen LogP contribution in [0.1, 0.15) is 6.92 Å². The van der Waals surface area contributed by atoms with Crippen molar-refractivity contribution in [3.8, 4) is 0 Å². The van der Waals surface area contributed by atoms with E-state index in [1.54, 1.807) is 6.92 Å². The molecule has 0 aromatic rings. The van der Waals surface area contributed by atoms with E-state index in [0.29, 0.717) is 19.8 Å². The standard InChI is InChI=1S/C7H11NO4/c1-5-4-12-3-2-8(5)6(9)7(10)11/h5H,2-4H2,1H3,(H,10,11). The Morgan fingerprint density at radius 2 is 2.25 bits per heavy atom. The fourth-order valence-electron chi connectivity index (χ4n) is 1.15. The van der Waals surface area contributed by atoms with Gasteiger partial charge >= 0.3 is 11.9 Å². The molecule has 1 fully saturated rings. The SMILES string of the molecule is CC1COCCN1C(=O)C(=O)O. The lowest BCUT2D eigenvalue weighted by molar-refractivity contribution is -0.160. The van der Waals surface area contributed by atoms with E-state index < -0.39 is 11.9 Å². The van der Waals surface area contributed by atoms with E-state index in [4.69, 9.17) is 9.84 Å². The third kappa shape index (κ3) is 1.73. The van der Waals surface area contributed by atoms with Crippen molar-refractivity contribution in [2.24, 2.45) is 0 Å². The summed E-state index contributed by atoms with van der Waals surface area (Å²) in [4.78, 5) is 22.6. The second-order valence-corrected chi connectivity index (χ2v) is 2.73. The van der Waals surface area contributed by atoms with Gasteiger partial charge in [0.1, 0.15) is 0 Å². The Balaban J connectivity index is 2.59. The Labute approximate surface area is 69.9 Å². The number of carboxylic acid groups (broad SMARTS) is 1. The molecule has 1 unspecified atom stereocenters. The fourth-order valence-corrected chi connectivity index (χ4v) is 1.15. The molecule has 0 aromatic carbocycles. The summed E-state index contributed by atoms with van der Waals surface area (Å²) in [5.74, 6) is -2.24. The molecule has 0 aliphatic carbocycles. The summed E-state index contributed by atoms with van der Waals surface area (Å²) in [6.45, 7) is 2.97. The van der Waals surface area contributed by atoms with Crippen LogP contribution in [0.5, 0.6) is 0 Å². The van der Waals surface area contributed by atoms with Gasteiger partial charge in [-0.2, -0.15) is 0 Å². The molecule has 0 aromatic heterocycles. The zero-order chi connectivity index (χ0) is 9.14. The minimum Gasteiger partial charge on any atom is -0.474 e. The van der Waals surface area contributed by atoms with Crippen LogP contribution in [0.3, 0.4) is 0 Å². The largest absolute Gasteiger partial charge is 0.474 e. The van der Waals surface area contributed by atoms with Gasteiger partial charge in [0.05, 0.1) is 19.3 Å². The number of morpholine rings is 1. The second-order valence-electron chi connectivity index (χ2n) is 2.73. The molecule has 5 nitrogen and oxygen atoms in total. The van der Waals surface area contributed by atoms with Gasteiger partial charge in [-0.3, -0.25) is 4.79 Å². The first kappa shape index (κ1) is 8.99. The number of amides is 1. The molecule has 1 rings (SSSR count). The zero-order valence-corrected chi connectivity index (χ0v) is 6.82. The Hall–Kier alpha value is -1.10. The number of hydrogen-bond donors (Lipinski definition) is 1. The molecule has 1 heterocycles. The molecule has 0 bridgehead atoms. The average molecular weight is 173 g/mol. The summed E-state index contributed by atoms with van der Waals surface area (Å²) in [6.07, 6.45) is 0. The summed E-state index contributed by atoms with van der Waals surface area (Å²) >= 11 is 0. The van der Waals surface area contributed by atoms with Crippen LogP contribution in [-0.4, -0.2) is 47.7 Å². The van der Waals surface area contributed by atoms with Crippen molar-refractivity contribution >= 4 is 11.9 Å². The molecular weight excluding hydrogens is 162 g/mol. The predicted octanol–water partition coefficient (Wildman–Crippen LogP) is -0.682. The molecule has 1 saturated heterocycles. The Kier molecular flexibility index (Phi) is 2.65. The number of carbonyl (C=O) groups excluding carboxylic acids is 1. The number of carboxylic acids is 1. The first-order valence-corrected chi connectivity index (χ1v) is 3.74. The van der Waals surface area contributed by atoms with Crippen molar-refractivity contribution in [3.05, 3.63) is 0 Å². The predicted molar refractivity (Wildman–Crippen MR) is 39.6 cm³/mol. The maximum atomic E-state index is 11.0. The molecule has 0 saturated carbocycles. The van der Waals surface area contributed by atoms with Gasteiger partial charge in [-0.15, -0.1) is 0 Å². The monoisotopic (exact) mass is 173 g/mol. The molecule has 1 amide bonds. The number of nitrogens with zero attached hydrogens (tertiary/aromatic N) is 1. The Bertz CT molecular complexity index is 204. The van der Waals surface area contributed by atoms with Crippen molar-refractivity contribution < 1.29 is 19.4 Å². The van der Waals surface area contributed by atoms with Crippen LogP contribution in [0.25, 0.3) is 0 Å². The molecule has 1 atom stereocenters. The van der Waals surface area contributed by atoms with E-state index in [0.717, 1.165) is 0 Å². The maximum absolute atomic E-state index is 11.0. The van der Waals surface area contributed by atoms with Gasteiger partial charge in [-0.25, -0.2) is 4.79 Å². The van der Waals surface area contributed by atoms with Gasteiger partial charge in [0.15, 0.2) is 0 Å². The van der Waals surface area contributed by atoms with Crippen LogP contribution in [0.15, 0.2) is 0 Å². The van der Waals surface area contributed by atoms with Crippen molar-refractivity contribution in [3.63, 3.8) is 0 Å². The first-order valence-electron chi connectivity index (χ1n) is 3.74. The highest BCUT2D eigenvalue weighted by molar-refractivity contribution is 6.31. The number of rotatable bonds is 0. The van der Waals surface area contributed by atoms with Crippen LogP contribution in [0, 0.1) is 0 Å². The molecule has 1 aliphatic heterocycles. The topological polar surface area (TPSA) is 66.8 Å². The lowest BCUT2D eigenvalue weighted by atomic mass is 10.2. The Morgan fingerprint density at radius 1 is 1.58 bits per heavy atom. The van der Waals surface area contributed by atoms with Crippen molar-refractivity contribution in [1.82, 2.24) is 4.90 Å². The molecule has 0 spiro atoms. The third-order valence-corrected chi connectivity index (χ3v) is 1.81. The van der Waals surface area contributed by atoms with Crippen molar-refractivity contribution in [1.29, 1.82) is 0 Å². The average Bonchev–Trinajstić information content (AvgIpc) is 2.04. The zero-order valence-electron chi connectivity index (χ0n) is 6.82. The number of carbonyl (C=O) groups is 2. The number of aliphatic carboxylic acids is 1. The summed E-state index contributed by atoms with van der Waals surface area (Å²) in [6, 6.07) is -0.137. The number of ether oxygens (including phenoxy) is 1. The summed E-state index contributed by atoms with van der Waals surface area (Å²) < 4.78 is 5.06. The Morgan fingerprint density at radius 3 is 2.75 bits per heavy atom. The molecule has 1 aliphatic rings. The van der Waals surface area contributed by atoms with Gasteiger partial charge in [0.25, 0.3) is 0 Å². The van der Waals surface area contributed by atoms with Gasteiger partial charge in [-0.05, 0) is 6.92 Å². The van der Waals surface area contributed by atoms with E-state index in [9.17, 15) is 9.59 Å². The van der Waals surface area contributed by atoms with Crippen LogP contribution in [0.2, 0.25) is 0 Å². The highest BCUT2D eigenvalue weighted by Crippen LogP contribution is 2.05. The highest BCUT2D eigenvalue weighted by Gasteiger charge is 2.27.